The first-order chi connectivity index (χ1) is 32.7. The summed E-state index contributed by atoms with van der Waals surface area (Å²) in [5.74, 6) is 0. The Morgan fingerprint density at radius 1 is 0.212 bits per heavy atom. The molecule has 0 saturated heterocycles. The predicted octanol–water partition coefficient (Wildman–Crippen LogP) is 17.3. The molecule has 0 saturated carbocycles. The third-order valence-corrected chi connectivity index (χ3v) is 14.1. The van der Waals surface area contributed by atoms with Gasteiger partial charge in [-0.2, -0.15) is 0 Å². The molecule has 11 aromatic carbocycles. The molecule has 0 radical (unpaired) electrons. The highest BCUT2D eigenvalue weighted by atomic mass is 15.1. The Bertz CT molecular complexity index is 3580. The first kappa shape index (κ1) is 38.0. The van der Waals surface area contributed by atoms with Crippen LogP contribution in [0.2, 0.25) is 0 Å². The summed E-state index contributed by atoms with van der Waals surface area (Å²) in [6, 6.07) is 96.4. The Kier molecular flexibility index (Phi) is 8.82. The molecule has 0 aromatic heterocycles. The third-order valence-electron chi connectivity index (χ3n) is 14.1. The Morgan fingerprint density at radius 2 is 0.667 bits per heavy atom. The summed E-state index contributed by atoms with van der Waals surface area (Å²) >= 11 is 0. The van der Waals surface area contributed by atoms with Crippen molar-refractivity contribution in [1.29, 1.82) is 0 Å². The lowest BCUT2D eigenvalue weighted by Crippen LogP contribution is -2.26. The van der Waals surface area contributed by atoms with E-state index in [0.29, 0.717) is 0 Å². The summed E-state index contributed by atoms with van der Waals surface area (Å²) in [7, 11) is 0. The number of rotatable bonds is 7. The molecule has 0 amide bonds. The van der Waals surface area contributed by atoms with Crippen molar-refractivity contribution in [1.82, 2.24) is 0 Å². The van der Waals surface area contributed by atoms with Crippen LogP contribution in [-0.4, -0.2) is 0 Å². The van der Waals surface area contributed by atoms with Gasteiger partial charge >= 0.3 is 0 Å². The normalized spacial score (nSPS) is 12.7. The van der Waals surface area contributed by atoms with E-state index in [1.807, 2.05) is 0 Å². The van der Waals surface area contributed by atoms with Crippen molar-refractivity contribution >= 4 is 27.8 Å². The van der Waals surface area contributed by atoms with Crippen LogP contribution in [0.4, 0.5) is 17.1 Å². The van der Waals surface area contributed by atoms with Crippen LogP contribution in [0.15, 0.2) is 261 Å². The maximum Gasteiger partial charge on any atom is 0.0726 e. The SMILES string of the molecule is c1ccc(-c2cccc(-c3ccc(N(c4ccc(-c5ccc6ccccc6c5)cc4)c4ccc5c(c4)C4(c6ccccc6-c6ccccc64)c4ccccc4-5)cc3-c3ccccc3)c2)cc1. The Hall–Kier alpha value is -8.52. The highest BCUT2D eigenvalue weighted by molar-refractivity contribution is 5.97. The topological polar surface area (TPSA) is 3.24 Å². The van der Waals surface area contributed by atoms with Crippen LogP contribution >= 0.6 is 0 Å². The van der Waals surface area contributed by atoms with Gasteiger partial charge in [-0.05, 0) is 148 Å². The second-order valence-electron chi connectivity index (χ2n) is 17.6. The summed E-state index contributed by atoms with van der Waals surface area (Å²) in [6.07, 6.45) is 0. The van der Waals surface area contributed by atoms with Gasteiger partial charge in [-0.25, -0.2) is 0 Å². The van der Waals surface area contributed by atoms with E-state index < -0.39 is 5.41 Å². The van der Waals surface area contributed by atoms with Crippen molar-refractivity contribution in [2.45, 2.75) is 5.41 Å². The zero-order chi connectivity index (χ0) is 43.6. The molecule has 0 unspecified atom stereocenters. The summed E-state index contributed by atoms with van der Waals surface area (Å²) < 4.78 is 0. The van der Waals surface area contributed by atoms with Gasteiger partial charge in [-0.1, -0.05) is 212 Å². The predicted molar refractivity (Wildman–Crippen MR) is 277 cm³/mol. The number of hydrogen-bond donors (Lipinski definition) is 0. The molecule has 1 nitrogen and oxygen atoms in total. The maximum atomic E-state index is 2.49. The fourth-order valence-corrected chi connectivity index (χ4v) is 11.1. The first-order valence-corrected chi connectivity index (χ1v) is 22.9. The van der Waals surface area contributed by atoms with Gasteiger partial charge < -0.3 is 4.90 Å². The summed E-state index contributed by atoms with van der Waals surface area (Å²) in [5, 5.41) is 2.49. The molecule has 13 rings (SSSR count). The molecule has 0 fully saturated rings. The van der Waals surface area contributed by atoms with Crippen LogP contribution < -0.4 is 4.90 Å². The van der Waals surface area contributed by atoms with Gasteiger partial charge in [0.2, 0.25) is 0 Å². The molecule has 1 spiro atoms. The minimum Gasteiger partial charge on any atom is -0.310 e. The van der Waals surface area contributed by atoms with Crippen molar-refractivity contribution in [3.8, 4) is 66.8 Å². The van der Waals surface area contributed by atoms with E-state index in [0.717, 1.165) is 17.1 Å². The van der Waals surface area contributed by atoms with Crippen LogP contribution in [0.5, 0.6) is 0 Å². The number of fused-ring (bicyclic) bond motifs is 11. The average molecular weight is 838 g/mol. The smallest absolute Gasteiger partial charge is 0.0726 e. The Balaban J connectivity index is 1.02. The van der Waals surface area contributed by atoms with Crippen LogP contribution in [-0.2, 0) is 5.41 Å². The van der Waals surface area contributed by atoms with Gasteiger partial charge in [-0.3, -0.25) is 0 Å². The molecule has 0 atom stereocenters. The van der Waals surface area contributed by atoms with E-state index in [2.05, 4.69) is 266 Å². The zero-order valence-corrected chi connectivity index (χ0v) is 36.3. The van der Waals surface area contributed by atoms with Gasteiger partial charge in [0.05, 0.1) is 5.41 Å². The van der Waals surface area contributed by atoms with Gasteiger partial charge in [-0.15, -0.1) is 0 Å². The molecule has 66 heavy (non-hydrogen) atoms. The van der Waals surface area contributed by atoms with Gasteiger partial charge in [0, 0.05) is 17.1 Å². The van der Waals surface area contributed by atoms with E-state index in [-0.39, 0.29) is 0 Å². The minimum absolute atomic E-state index is 0.455. The van der Waals surface area contributed by atoms with Crippen LogP contribution in [0.3, 0.4) is 0 Å². The number of benzene rings is 11. The molecule has 0 N–H and O–H groups in total. The van der Waals surface area contributed by atoms with Crippen molar-refractivity contribution < 1.29 is 0 Å². The standard InChI is InChI=1S/C65H43N/c1-3-16-44(17-4-1)49-22-15-23-51(41-49)55-38-36-53(42-60(55)47-19-5-2-6-20-47)66(52-34-32-46(33-35-52)50-31-30-45-18-7-8-21-48(45)40-50)54-37-39-59-58-26-11-14-29-63(58)65(64(59)43-54)61-27-12-9-24-56(61)57-25-10-13-28-62(57)65/h1-43H. The third kappa shape index (κ3) is 5.94. The van der Waals surface area contributed by atoms with E-state index in [1.54, 1.807) is 0 Å². The molecule has 2 aliphatic carbocycles. The number of anilines is 3. The van der Waals surface area contributed by atoms with Gasteiger partial charge in [0.25, 0.3) is 0 Å². The van der Waals surface area contributed by atoms with E-state index in [9.17, 15) is 0 Å². The number of nitrogens with zero attached hydrogens (tertiary/aromatic N) is 1. The Labute approximate surface area is 386 Å². The zero-order valence-electron chi connectivity index (χ0n) is 36.3. The highest BCUT2D eigenvalue weighted by Crippen LogP contribution is 2.63. The van der Waals surface area contributed by atoms with Crippen molar-refractivity contribution in [3.63, 3.8) is 0 Å². The molecule has 0 heterocycles. The van der Waals surface area contributed by atoms with E-state index in [1.165, 1.54) is 99.8 Å². The summed E-state index contributed by atoms with van der Waals surface area (Å²) in [4.78, 5) is 2.46. The van der Waals surface area contributed by atoms with Crippen molar-refractivity contribution in [2.75, 3.05) is 4.90 Å². The van der Waals surface area contributed by atoms with Crippen molar-refractivity contribution in [2.24, 2.45) is 0 Å². The second-order valence-corrected chi connectivity index (χ2v) is 17.6. The van der Waals surface area contributed by atoms with Gasteiger partial charge in [0.15, 0.2) is 0 Å². The molecule has 0 bridgehead atoms. The fourth-order valence-electron chi connectivity index (χ4n) is 11.1. The molecule has 11 aromatic rings. The molecular weight excluding hydrogens is 795 g/mol. The first-order valence-electron chi connectivity index (χ1n) is 22.9. The van der Waals surface area contributed by atoms with E-state index in [4.69, 9.17) is 0 Å². The lowest BCUT2D eigenvalue weighted by atomic mass is 9.70. The molecule has 0 aliphatic heterocycles. The van der Waals surface area contributed by atoms with Crippen molar-refractivity contribution in [3.05, 3.63) is 283 Å². The van der Waals surface area contributed by atoms with Crippen LogP contribution in [0.1, 0.15) is 22.3 Å². The summed E-state index contributed by atoms with van der Waals surface area (Å²) in [6.45, 7) is 0. The maximum absolute atomic E-state index is 2.49. The van der Waals surface area contributed by atoms with Crippen LogP contribution in [0, 0.1) is 0 Å². The lowest BCUT2D eigenvalue weighted by Gasteiger charge is -2.32. The molecule has 2 aliphatic rings. The molecular formula is C65H43N. The fraction of sp³-hybridized carbons (Fsp3) is 0.0154. The van der Waals surface area contributed by atoms with E-state index >= 15 is 0 Å². The quantitative estimate of drug-likeness (QED) is 0.155. The lowest BCUT2D eigenvalue weighted by molar-refractivity contribution is 0.793. The highest BCUT2D eigenvalue weighted by Gasteiger charge is 2.51. The monoisotopic (exact) mass is 837 g/mol. The Morgan fingerprint density at radius 3 is 1.33 bits per heavy atom. The minimum atomic E-state index is -0.455. The molecule has 1 heteroatoms. The second kappa shape index (κ2) is 15.3. The molecule has 308 valence electrons. The average Bonchev–Trinajstić information content (AvgIpc) is 3.86. The van der Waals surface area contributed by atoms with Gasteiger partial charge in [0.1, 0.15) is 0 Å². The largest absolute Gasteiger partial charge is 0.310 e. The summed E-state index contributed by atoms with van der Waals surface area (Å²) in [5.41, 5.74) is 22.9. The van der Waals surface area contributed by atoms with Crippen LogP contribution in [0.25, 0.3) is 77.5 Å². The number of hydrogen-bond acceptors (Lipinski definition) is 1.